The summed E-state index contributed by atoms with van der Waals surface area (Å²) in [6.45, 7) is 7.86. The number of hydrogen-bond acceptors (Lipinski definition) is 7. The van der Waals surface area contributed by atoms with Gasteiger partial charge in [-0.3, -0.25) is 0 Å². The van der Waals surface area contributed by atoms with Crippen molar-refractivity contribution in [3.63, 3.8) is 0 Å². The number of rotatable bonds is 10. The second-order valence-corrected chi connectivity index (χ2v) is 7.37. The van der Waals surface area contributed by atoms with Gasteiger partial charge in [0.25, 0.3) is 0 Å². The first-order valence-electron chi connectivity index (χ1n) is 10.4. The fourth-order valence-corrected chi connectivity index (χ4v) is 3.19. The topological polar surface area (TPSA) is 83.3 Å². The summed E-state index contributed by atoms with van der Waals surface area (Å²) in [4.78, 5) is 13.1. The van der Waals surface area contributed by atoms with Crippen LogP contribution in [0.15, 0.2) is 37.3 Å². The maximum absolute atomic E-state index is 12.5. The lowest BCUT2D eigenvalue weighted by molar-refractivity contribution is -0.176. The monoisotopic (exact) mass is 477 g/mol. The number of hydrogen-bond donors (Lipinski definition) is 1. The molecule has 0 amide bonds. The van der Waals surface area contributed by atoms with Gasteiger partial charge in [0.2, 0.25) is 5.95 Å². The summed E-state index contributed by atoms with van der Waals surface area (Å²) in [6.07, 6.45) is -0.888. The summed E-state index contributed by atoms with van der Waals surface area (Å²) in [5, 5.41) is 3.07. The lowest BCUT2D eigenvalue weighted by atomic mass is 10.1. The summed E-state index contributed by atoms with van der Waals surface area (Å²) in [6, 6.07) is 5.39. The van der Waals surface area contributed by atoms with E-state index in [1.54, 1.807) is 39.4 Å². The summed E-state index contributed by atoms with van der Waals surface area (Å²) < 4.78 is 55.3. The highest BCUT2D eigenvalue weighted by Crippen LogP contribution is 2.29. The number of ether oxygens (including phenoxy) is 3. The van der Waals surface area contributed by atoms with E-state index in [9.17, 15) is 13.2 Å². The van der Waals surface area contributed by atoms with Crippen LogP contribution in [0.1, 0.15) is 29.6 Å². The van der Waals surface area contributed by atoms with E-state index in [2.05, 4.69) is 26.8 Å². The molecular weight excluding hydrogens is 451 g/mol. The van der Waals surface area contributed by atoms with E-state index >= 15 is 0 Å². The Balaban J connectivity index is 1.92. The second kappa shape index (κ2) is 10.6. The predicted octanol–water partition coefficient (Wildman–Crippen LogP) is 5.12. The molecule has 11 heteroatoms. The first-order chi connectivity index (χ1) is 16.1. The van der Waals surface area contributed by atoms with Crippen LogP contribution in [0.3, 0.4) is 0 Å². The molecule has 0 aliphatic rings. The van der Waals surface area contributed by atoms with Gasteiger partial charge in [0.05, 0.1) is 43.7 Å². The van der Waals surface area contributed by atoms with E-state index in [4.69, 9.17) is 14.2 Å². The molecule has 34 heavy (non-hydrogen) atoms. The van der Waals surface area contributed by atoms with Crippen LogP contribution in [0.25, 0.3) is 11.4 Å². The largest absolute Gasteiger partial charge is 0.494 e. The number of methoxy groups -OCH3 is 1. The Morgan fingerprint density at radius 1 is 1.21 bits per heavy atom. The molecule has 2 heterocycles. The van der Waals surface area contributed by atoms with Gasteiger partial charge in [-0.1, -0.05) is 6.58 Å². The minimum atomic E-state index is -4.44. The zero-order valence-corrected chi connectivity index (χ0v) is 19.4. The molecule has 3 aromatic rings. The SMILES string of the molecule is C=C(OCC)c1nc(Nc2ccc(-n3cnc(C)c3)c(OC)c2)nc(COCC(F)(F)F)c1C. The van der Waals surface area contributed by atoms with E-state index in [1.807, 2.05) is 23.8 Å². The highest BCUT2D eigenvalue weighted by atomic mass is 19.4. The summed E-state index contributed by atoms with van der Waals surface area (Å²) in [7, 11) is 1.55. The normalized spacial score (nSPS) is 11.4. The van der Waals surface area contributed by atoms with Gasteiger partial charge >= 0.3 is 6.18 Å². The Bertz CT molecular complexity index is 1160. The molecule has 0 saturated heterocycles. The van der Waals surface area contributed by atoms with Crippen molar-refractivity contribution in [2.24, 2.45) is 0 Å². The van der Waals surface area contributed by atoms with Crippen molar-refractivity contribution in [2.45, 2.75) is 33.6 Å². The molecule has 0 bridgehead atoms. The molecule has 2 aromatic heterocycles. The number of aryl methyl sites for hydroxylation is 1. The Hall–Kier alpha value is -3.60. The van der Waals surface area contributed by atoms with E-state index in [1.165, 1.54) is 0 Å². The molecule has 0 unspecified atom stereocenters. The molecule has 0 saturated carbocycles. The molecule has 0 radical (unpaired) electrons. The highest BCUT2D eigenvalue weighted by Gasteiger charge is 2.28. The van der Waals surface area contributed by atoms with Crippen LogP contribution < -0.4 is 10.1 Å². The molecular formula is C23H26F3N5O3. The van der Waals surface area contributed by atoms with Crippen LogP contribution >= 0.6 is 0 Å². The van der Waals surface area contributed by atoms with Crippen LogP contribution in [0, 0.1) is 13.8 Å². The third kappa shape index (κ3) is 6.25. The number of alkyl halides is 3. The van der Waals surface area contributed by atoms with Crippen molar-refractivity contribution < 1.29 is 27.4 Å². The Labute approximate surface area is 195 Å². The van der Waals surface area contributed by atoms with Crippen LogP contribution in [0.2, 0.25) is 0 Å². The van der Waals surface area contributed by atoms with Crippen LogP contribution in [0.5, 0.6) is 5.75 Å². The molecule has 0 aliphatic heterocycles. The van der Waals surface area contributed by atoms with E-state index in [-0.39, 0.29) is 24.0 Å². The van der Waals surface area contributed by atoms with Gasteiger partial charge in [-0.2, -0.15) is 13.2 Å². The fraction of sp³-hybridized carbons (Fsp3) is 0.348. The van der Waals surface area contributed by atoms with Crippen LogP contribution in [0.4, 0.5) is 24.8 Å². The quantitative estimate of drug-likeness (QED) is 0.406. The van der Waals surface area contributed by atoms with Crippen molar-refractivity contribution in [2.75, 3.05) is 25.6 Å². The van der Waals surface area contributed by atoms with Crippen molar-refractivity contribution >= 4 is 17.4 Å². The maximum Gasteiger partial charge on any atom is 0.411 e. The van der Waals surface area contributed by atoms with Crippen LogP contribution in [-0.4, -0.2) is 46.0 Å². The number of nitrogens with zero attached hydrogens (tertiary/aromatic N) is 4. The highest BCUT2D eigenvalue weighted by molar-refractivity contribution is 5.64. The minimum Gasteiger partial charge on any atom is -0.494 e. The molecule has 1 aromatic carbocycles. The Kier molecular flexibility index (Phi) is 7.77. The third-order valence-electron chi connectivity index (χ3n) is 4.76. The standard InChI is InChI=1S/C23H26F3N5O3/c1-6-34-16(4)21-15(3)18(11-33-12-23(24,25)26)29-22(30-21)28-17-7-8-19(20(9-17)32-5)31-10-14(2)27-13-31/h7-10,13H,4,6,11-12H2,1-3,5H3,(H,28,29,30). The Morgan fingerprint density at radius 3 is 2.59 bits per heavy atom. The average molecular weight is 477 g/mol. The number of imidazole rings is 1. The smallest absolute Gasteiger partial charge is 0.411 e. The van der Waals surface area contributed by atoms with Gasteiger partial charge in [0.1, 0.15) is 23.8 Å². The average Bonchev–Trinajstić information content (AvgIpc) is 3.20. The zero-order chi connectivity index (χ0) is 24.9. The van der Waals surface area contributed by atoms with Gasteiger partial charge in [-0.25, -0.2) is 15.0 Å². The van der Waals surface area contributed by atoms with Gasteiger partial charge in [0.15, 0.2) is 0 Å². The lowest BCUT2D eigenvalue weighted by Crippen LogP contribution is -2.18. The maximum atomic E-state index is 12.5. The number of benzene rings is 1. The molecule has 8 nitrogen and oxygen atoms in total. The zero-order valence-electron chi connectivity index (χ0n) is 19.4. The first-order valence-corrected chi connectivity index (χ1v) is 10.4. The number of halogens is 3. The summed E-state index contributed by atoms with van der Waals surface area (Å²) in [5.41, 5.74) is 3.44. The van der Waals surface area contributed by atoms with Crippen molar-refractivity contribution in [3.8, 4) is 11.4 Å². The van der Waals surface area contributed by atoms with Crippen molar-refractivity contribution in [1.29, 1.82) is 0 Å². The van der Waals surface area contributed by atoms with E-state index in [0.29, 0.717) is 29.3 Å². The van der Waals surface area contributed by atoms with Crippen molar-refractivity contribution in [3.05, 3.63) is 59.9 Å². The third-order valence-corrected chi connectivity index (χ3v) is 4.76. The van der Waals surface area contributed by atoms with Gasteiger partial charge < -0.3 is 24.1 Å². The molecule has 1 N–H and O–H groups in total. The van der Waals surface area contributed by atoms with E-state index in [0.717, 1.165) is 11.4 Å². The van der Waals surface area contributed by atoms with Gasteiger partial charge in [0, 0.05) is 23.5 Å². The van der Waals surface area contributed by atoms with Gasteiger partial charge in [-0.05, 0) is 32.9 Å². The van der Waals surface area contributed by atoms with E-state index < -0.39 is 12.8 Å². The second-order valence-electron chi connectivity index (χ2n) is 7.37. The minimum absolute atomic E-state index is 0.153. The molecule has 0 fully saturated rings. The molecule has 3 rings (SSSR count). The molecule has 0 atom stereocenters. The number of aromatic nitrogens is 4. The molecule has 0 spiro atoms. The number of nitrogens with one attached hydrogen (secondary N) is 1. The first kappa shape index (κ1) is 25.0. The summed E-state index contributed by atoms with van der Waals surface area (Å²) >= 11 is 0. The Morgan fingerprint density at radius 2 is 1.97 bits per heavy atom. The molecule has 182 valence electrons. The predicted molar refractivity (Wildman–Crippen MR) is 121 cm³/mol. The summed E-state index contributed by atoms with van der Waals surface area (Å²) in [5.74, 6) is 1.01. The van der Waals surface area contributed by atoms with Crippen molar-refractivity contribution in [1.82, 2.24) is 19.5 Å². The lowest BCUT2D eigenvalue weighted by Gasteiger charge is -2.16. The number of anilines is 2. The van der Waals surface area contributed by atoms with Gasteiger partial charge in [-0.15, -0.1) is 0 Å². The fourth-order valence-electron chi connectivity index (χ4n) is 3.19. The molecule has 0 aliphatic carbocycles. The van der Waals surface area contributed by atoms with Crippen LogP contribution in [-0.2, 0) is 16.1 Å².